The van der Waals surface area contributed by atoms with Gasteiger partial charge in [0.05, 0.1) is 6.61 Å². The molecule has 1 aliphatic heterocycles. The lowest BCUT2D eigenvalue weighted by Crippen LogP contribution is -2.44. The molecular weight excluding hydrogens is 168 g/mol. The Morgan fingerprint density at radius 3 is 2.85 bits per heavy atom. The molecule has 0 radical (unpaired) electrons. The molecule has 0 N–H and O–H groups in total. The summed E-state index contributed by atoms with van der Waals surface area (Å²) in [5, 5.41) is 0. The molecule has 70 valence electrons. The molecule has 2 atom stereocenters. The summed E-state index contributed by atoms with van der Waals surface area (Å²) in [7, 11) is 0. The lowest BCUT2D eigenvalue weighted by Gasteiger charge is -2.24. The summed E-state index contributed by atoms with van der Waals surface area (Å²) >= 11 is 0. The maximum absolute atomic E-state index is 11.7. The van der Waals surface area contributed by atoms with Crippen molar-refractivity contribution >= 4 is 11.6 Å². The van der Waals surface area contributed by atoms with Gasteiger partial charge in [-0.3, -0.25) is 9.59 Å². The van der Waals surface area contributed by atoms with Gasteiger partial charge in [-0.05, 0) is 12.5 Å². The monoisotopic (exact) mass is 180 g/mol. The van der Waals surface area contributed by atoms with Crippen LogP contribution < -0.4 is 0 Å². The third-order valence-electron chi connectivity index (χ3n) is 2.68. The number of hydrogen-bond donors (Lipinski definition) is 0. The second-order valence-corrected chi connectivity index (χ2v) is 3.68. The van der Waals surface area contributed by atoms with Crippen LogP contribution in [0.5, 0.6) is 0 Å². The molecule has 2 aliphatic rings. The lowest BCUT2D eigenvalue weighted by molar-refractivity contribution is -0.143. The number of ketones is 2. The zero-order chi connectivity index (χ0) is 9.47. The summed E-state index contributed by atoms with van der Waals surface area (Å²) in [6.07, 6.45) is 4.64. The highest BCUT2D eigenvalue weighted by Crippen LogP contribution is 2.32. The van der Waals surface area contributed by atoms with Crippen LogP contribution in [0.1, 0.15) is 19.8 Å². The van der Waals surface area contributed by atoms with Gasteiger partial charge in [0.2, 0.25) is 5.60 Å². The van der Waals surface area contributed by atoms with Crippen molar-refractivity contribution < 1.29 is 14.3 Å². The first kappa shape index (κ1) is 8.63. The summed E-state index contributed by atoms with van der Waals surface area (Å²) < 4.78 is 5.33. The van der Waals surface area contributed by atoms with Crippen LogP contribution in [0.25, 0.3) is 0 Å². The molecule has 0 aromatic rings. The molecule has 1 aliphatic carbocycles. The van der Waals surface area contributed by atoms with Crippen molar-refractivity contribution in [1.29, 1.82) is 0 Å². The van der Waals surface area contributed by atoms with Gasteiger partial charge in [-0.1, -0.05) is 13.0 Å². The minimum Gasteiger partial charge on any atom is -0.355 e. The second kappa shape index (κ2) is 2.77. The van der Waals surface area contributed by atoms with Crippen LogP contribution in [0.3, 0.4) is 0 Å². The van der Waals surface area contributed by atoms with Crippen LogP contribution in [0.15, 0.2) is 12.2 Å². The van der Waals surface area contributed by atoms with E-state index < -0.39 is 5.60 Å². The van der Waals surface area contributed by atoms with E-state index in [0.717, 1.165) is 6.42 Å². The molecule has 2 rings (SSSR count). The SMILES string of the molecule is CC1COC2(C=CCCC2=O)C1=O. The molecular formula is C10H12O3. The Balaban J connectivity index is 2.39. The number of carbonyl (C=O) groups is 2. The number of ether oxygens (including phenoxy) is 1. The summed E-state index contributed by atoms with van der Waals surface area (Å²) in [6, 6.07) is 0. The molecule has 1 fully saturated rings. The van der Waals surface area contributed by atoms with E-state index in [1.54, 1.807) is 13.0 Å². The van der Waals surface area contributed by atoms with E-state index in [1.165, 1.54) is 0 Å². The molecule has 0 saturated carbocycles. The molecule has 0 aromatic carbocycles. The zero-order valence-electron chi connectivity index (χ0n) is 7.58. The number of Topliss-reactive ketones (excluding diaryl/α,β-unsaturated/α-hetero) is 2. The minimum atomic E-state index is -1.20. The van der Waals surface area contributed by atoms with Crippen molar-refractivity contribution in [2.45, 2.75) is 25.4 Å². The number of hydrogen-bond acceptors (Lipinski definition) is 3. The van der Waals surface area contributed by atoms with E-state index in [1.807, 2.05) is 6.08 Å². The first-order valence-electron chi connectivity index (χ1n) is 4.56. The van der Waals surface area contributed by atoms with Gasteiger partial charge in [0.25, 0.3) is 0 Å². The number of rotatable bonds is 0. The molecule has 13 heavy (non-hydrogen) atoms. The lowest BCUT2D eigenvalue weighted by atomic mass is 9.84. The van der Waals surface area contributed by atoms with Gasteiger partial charge in [0, 0.05) is 12.3 Å². The topological polar surface area (TPSA) is 43.4 Å². The largest absolute Gasteiger partial charge is 0.355 e. The van der Waals surface area contributed by atoms with Gasteiger partial charge >= 0.3 is 0 Å². The Kier molecular flexibility index (Phi) is 1.84. The first-order chi connectivity index (χ1) is 6.17. The van der Waals surface area contributed by atoms with Gasteiger partial charge in [0.15, 0.2) is 11.6 Å². The van der Waals surface area contributed by atoms with Gasteiger partial charge < -0.3 is 4.74 Å². The summed E-state index contributed by atoms with van der Waals surface area (Å²) in [4.78, 5) is 23.3. The van der Waals surface area contributed by atoms with E-state index in [2.05, 4.69) is 0 Å². The molecule has 0 bridgehead atoms. The molecule has 2 unspecified atom stereocenters. The summed E-state index contributed by atoms with van der Waals surface area (Å²) in [5.74, 6) is -0.301. The van der Waals surface area contributed by atoms with Crippen LogP contribution in [-0.4, -0.2) is 23.8 Å². The smallest absolute Gasteiger partial charge is 0.202 e. The second-order valence-electron chi connectivity index (χ2n) is 3.68. The first-order valence-corrected chi connectivity index (χ1v) is 4.56. The Morgan fingerprint density at radius 1 is 1.54 bits per heavy atom. The van der Waals surface area contributed by atoms with Crippen molar-refractivity contribution in [3.8, 4) is 0 Å². The average Bonchev–Trinajstić information content (AvgIpc) is 2.40. The quantitative estimate of drug-likeness (QED) is 0.410. The fourth-order valence-electron chi connectivity index (χ4n) is 1.86. The van der Waals surface area contributed by atoms with E-state index >= 15 is 0 Å². The highest BCUT2D eigenvalue weighted by molar-refractivity contribution is 6.14. The molecule has 1 heterocycles. The van der Waals surface area contributed by atoms with E-state index in [9.17, 15) is 9.59 Å². The summed E-state index contributed by atoms with van der Waals surface area (Å²) in [6.45, 7) is 2.17. The van der Waals surface area contributed by atoms with Gasteiger partial charge in [-0.25, -0.2) is 0 Å². The van der Waals surface area contributed by atoms with Crippen LogP contribution in [-0.2, 0) is 14.3 Å². The third kappa shape index (κ3) is 1.07. The number of allylic oxidation sites excluding steroid dienone is 1. The third-order valence-corrected chi connectivity index (χ3v) is 2.68. The molecule has 0 aromatic heterocycles. The van der Waals surface area contributed by atoms with Crippen molar-refractivity contribution in [3.63, 3.8) is 0 Å². The molecule has 0 amide bonds. The Labute approximate surface area is 76.8 Å². The fraction of sp³-hybridized carbons (Fsp3) is 0.600. The maximum atomic E-state index is 11.7. The maximum Gasteiger partial charge on any atom is 0.202 e. The fourth-order valence-corrected chi connectivity index (χ4v) is 1.86. The van der Waals surface area contributed by atoms with E-state index in [-0.39, 0.29) is 17.5 Å². The Bertz CT molecular complexity index is 293. The van der Waals surface area contributed by atoms with Crippen molar-refractivity contribution in [3.05, 3.63) is 12.2 Å². The summed E-state index contributed by atoms with van der Waals surface area (Å²) in [5.41, 5.74) is -1.20. The van der Waals surface area contributed by atoms with Crippen molar-refractivity contribution in [2.24, 2.45) is 5.92 Å². The highest BCUT2D eigenvalue weighted by atomic mass is 16.5. The Hall–Kier alpha value is -0.960. The normalized spacial score (nSPS) is 39.0. The van der Waals surface area contributed by atoms with Crippen LogP contribution >= 0.6 is 0 Å². The molecule has 1 saturated heterocycles. The minimum absolute atomic E-state index is 0.0755. The van der Waals surface area contributed by atoms with Crippen molar-refractivity contribution in [2.75, 3.05) is 6.61 Å². The van der Waals surface area contributed by atoms with Crippen LogP contribution in [0.4, 0.5) is 0 Å². The van der Waals surface area contributed by atoms with Crippen LogP contribution in [0, 0.1) is 5.92 Å². The molecule has 1 spiro atoms. The number of carbonyl (C=O) groups excluding carboxylic acids is 2. The van der Waals surface area contributed by atoms with E-state index in [0.29, 0.717) is 13.0 Å². The average molecular weight is 180 g/mol. The Morgan fingerprint density at radius 2 is 2.31 bits per heavy atom. The van der Waals surface area contributed by atoms with Gasteiger partial charge in [0.1, 0.15) is 0 Å². The van der Waals surface area contributed by atoms with Gasteiger partial charge in [-0.2, -0.15) is 0 Å². The molecule has 3 heteroatoms. The predicted molar refractivity (Wildman–Crippen MR) is 46.2 cm³/mol. The molecule has 3 nitrogen and oxygen atoms in total. The predicted octanol–water partition coefficient (Wildman–Crippen LogP) is 0.880. The van der Waals surface area contributed by atoms with E-state index in [4.69, 9.17) is 4.74 Å². The van der Waals surface area contributed by atoms with Crippen LogP contribution in [0.2, 0.25) is 0 Å². The highest BCUT2D eigenvalue weighted by Gasteiger charge is 2.51. The van der Waals surface area contributed by atoms with Gasteiger partial charge in [-0.15, -0.1) is 0 Å². The van der Waals surface area contributed by atoms with Crippen molar-refractivity contribution in [1.82, 2.24) is 0 Å². The zero-order valence-corrected chi connectivity index (χ0v) is 7.58. The standard InChI is InChI=1S/C10H12O3/c1-7-6-13-10(9(7)12)5-3-2-4-8(10)11/h3,5,7H,2,4,6H2,1H3.